The van der Waals surface area contributed by atoms with E-state index in [1.165, 1.54) is 19.1 Å². The maximum Gasteiger partial charge on any atom is 0.267 e. The van der Waals surface area contributed by atoms with Crippen molar-refractivity contribution in [2.24, 2.45) is 0 Å². The van der Waals surface area contributed by atoms with Crippen molar-refractivity contribution in [1.29, 1.82) is 0 Å². The fraction of sp³-hybridized carbons (Fsp3) is 0.150. The first kappa shape index (κ1) is 18.6. The molecule has 1 aromatic heterocycles. The van der Waals surface area contributed by atoms with E-state index in [9.17, 15) is 18.4 Å². The molecule has 0 spiro atoms. The van der Waals surface area contributed by atoms with Crippen LogP contribution < -0.4 is 20.3 Å². The Morgan fingerprint density at radius 2 is 1.90 bits per heavy atom. The van der Waals surface area contributed by atoms with Gasteiger partial charge in [0.25, 0.3) is 5.56 Å². The van der Waals surface area contributed by atoms with Gasteiger partial charge < -0.3 is 14.8 Å². The van der Waals surface area contributed by atoms with Crippen LogP contribution in [0.25, 0.3) is 11.3 Å². The quantitative estimate of drug-likeness (QED) is 0.729. The lowest BCUT2D eigenvalue weighted by atomic mass is 10.1. The van der Waals surface area contributed by atoms with E-state index in [1.54, 1.807) is 18.2 Å². The van der Waals surface area contributed by atoms with Gasteiger partial charge in [0, 0.05) is 17.7 Å². The van der Waals surface area contributed by atoms with E-state index in [0.717, 1.165) is 22.9 Å². The lowest BCUT2D eigenvalue weighted by Gasteiger charge is -2.15. The van der Waals surface area contributed by atoms with Crippen LogP contribution in [0.4, 0.5) is 14.5 Å². The average Bonchev–Trinajstić information content (AvgIpc) is 3.18. The zero-order valence-corrected chi connectivity index (χ0v) is 15.2. The normalized spacial score (nSPS) is 13.2. The number of nitrogens with zero attached hydrogens (tertiary/aromatic N) is 2. The predicted octanol–water partition coefficient (Wildman–Crippen LogP) is 3.12. The number of ether oxygens (including phenoxy) is 2. The van der Waals surface area contributed by atoms with Crippen LogP contribution in [0.3, 0.4) is 0 Å². The van der Waals surface area contributed by atoms with Crippen LogP contribution in [0, 0.1) is 11.6 Å². The van der Waals surface area contributed by atoms with Crippen LogP contribution in [-0.4, -0.2) is 22.5 Å². The highest BCUT2D eigenvalue weighted by Crippen LogP contribution is 2.35. The van der Waals surface area contributed by atoms with Gasteiger partial charge in [0.2, 0.25) is 12.7 Å². The highest BCUT2D eigenvalue weighted by Gasteiger charge is 2.20. The number of anilines is 1. The molecule has 3 aromatic rings. The number of carbonyl (C=O) groups is 1. The van der Waals surface area contributed by atoms with Gasteiger partial charge in [-0.2, -0.15) is 5.10 Å². The maximum absolute atomic E-state index is 13.8. The Hall–Kier alpha value is -3.75. The number of halogens is 2. The van der Waals surface area contributed by atoms with Gasteiger partial charge >= 0.3 is 0 Å². The minimum atomic E-state index is -1.07. The molecule has 0 radical (unpaired) electrons. The van der Waals surface area contributed by atoms with Crippen LogP contribution in [0.2, 0.25) is 0 Å². The summed E-state index contributed by atoms with van der Waals surface area (Å²) in [5, 5.41) is 6.53. The largest absolute Gasteiger partial charge is 0.454 e. The van der Waals surface area contributed by atoms with Crippen LogP contribution in [-0.2, 0) is 4.79 Å². The molecule has 1 atom stereocenters. The monoisotopic (exact) mass is 399 g/mol. The minimum Gasteiger partial charge on any atom is -0.454 e. The number of benzene rings is 2. The molecule has 2 aromatic carbocycles. The molecule has 0 saturated heterocycles. The SMILES string of the molecule is CC(C(=O)Nc1cc(F)ccc1F)n1nc(-c2ccc3c(c2)OCO3)ccc1=O. The summed E-state index contributed by atoms with van der Waals surface area (Å²) in [7, 11) is 0. The van der Waals surface area contributed by atoms with Crippen LogP contribution in [0.1, 0.15) is 13.0 Å². The molecule has 0 aliphatic carbocycles. The second kappa shape index (κ2) is 7.34. The third-order valence-corrected chi connectivity index (χ3v) is 4.43. The number of nitrogens with one attached hydrogen (secondary N) is 1. The second-order valence-electron chi connectivity index (χ2n) is 6.36. The van der Waals surface area contributed by atoms with Gasteiger partial charge in [0.1, 0.15) is 17.7 Å². The zero-order valence-electron chi connectivity index (χ0n) is 15.2. The molecule has 148 valence electrons. The average molecular weight is 399 g/mol. The van der Waals surface area contributed by atoms with Crippen molar-refractivity contribution in [3.63, 3.8) is 0 Å². The molecule has 4 rings (SSSR count). The van der Waals surface area contributed by atoms with Crippen molar-refractivity contribution >= 4 is 11.6 Å². The molecular formula is C20H15F2N3O4. The van der Waals surface area contributed by atoms with Crippen LogP contribution in [0.15, 0.2) is 53.3 Å². The van der Waals surface area contributed by atoms with E-state index >= 15 is 0 Å². The van der Waals surface area contributed by atoms with Gasteiger partial charge in [-0.25, -0.2) is 13.5 Å². The van der Waals surface area contributed by atoms with Crippen molar-refractivity contribution in [2.75, 3.05) is 12.1 Å². The molecule has 0 fully saturated rings. The van der Waals surface area contributed by atoms with E-state index < -0.39 is 29.1 Å². The summed E-state index contributed by atoms with van der Waals surface area (Å²) < 4.78 is 38.7. The number of aromatic nitrogens is 2. The standard InChI is InChI=1S/C20H15F2N3O4/c1-11(20(27)23-16-9-13(21)3-4-14(16)22)25-19(26)7-5-15(24-25)12-2-6-17-18(8-12)29-10-28-17/h2-9,11H,10H2,1H3,(H,23,27). The van der Waals surface area contributed by atoms with Crippen molar-refractivity contribution in [2.45, 2.75) is 13.0 Å². The Balaban J connectivity index is 1.62. The molecule has 7 nitrogen and oxygen atoms in total. The van der Waals surface area contributed by atoms with Crippen molar-refractivity contribution in [1.82, 2.24) is 9.78 Å². The van der Waals surface area contributed by atoms with E-state index in [0.29, 0.717) is 22.8 Å². The number of hydrogen-bond acceptors (Lipinski definition) is 5. The Morgan fingerprint density at radius 1 is 1.10 bits per heavy atom. The summed E-state index contributed by atoms with van der Waals surface area (Å²) in [6.07, 6.45) is 0. The highest BCUT2D eigenvalue weighted by molar-refractivity contribution is 5.93. The first-order chi connectivity index (χ1) is 13.9. The molecule has 1 aliphatic heterocycles. The number of amides is 1. The van der Waals surface area contributed by atoms with Gasteiger partial charge in [0.15, 0.2) is 11.5 Å². The molecular weight excluding hydrogens is 384 g/mol. The van der Waals surface area contributed by atoms with Crippen LogP contribution in [0.5, 0.6) is 11.5 Å². The van der Waals surface area contributed by atoms with E-state index in [1.807, 2.05) is 0 Å². The van der Waals surface area contributed by atoms with Gasteiger partial charge in [-0.05, 0) is 43.3 Å². The molecule has 0 saturated carbocycles. The minimum absolute atomic E-state index is 0.125. The van der Waals surface area contributed by atoms with Crippen molar-refractivity contribution in [3.8, 4) is 22.8 Å². The van der Waals surface area contributed by atoms with Crippen molar-refractivity contribution in [3.05, 3.63) is 70.5 Å². The topological polar surface area (TPSA) is 82.5 Å². The van der Waals surface area contributed by atoms with Gasteiger partial charge in [-0.15, -0.1) is 0 Å². The molecule has 1 unspecified atom stereocenters. The van der Waals surface area contributed by atoms with Crippen LogP contribution >= 0.6 is 0 Å². The number of fused-ring (bicyclic) bond motifs is 1. The molecule has 29 heavy (non-hydrogen) atoms. The van der Waals surface area contributed by atoms with E-state index in [4.69, 9.17) is 9.47 Å². The first-order valence-corrected chi connectivity index (χ1v) is 8.68. The molecule has 1 amide bonds. The summed E-state index contributed by atoms with van der Waals surface area (Å²) in [5.41, 5.74) is 0.255. The Kier molecular flexibility index (Phi) is 4.71. The van der Waals surface area contributed by atoms with E-state index in [2.05, 4.69) is 10.4 Å². The number of rotatable bonds is 4. The lowest BCUT2D eigenvalue weighted by molar-refractivity contribution is -0.119. The highest BCUT2D eigenvalue weighted by atomic mass is 19.1. The zero-order chi connectivity index (χ0) is 20.5. The maximum atomic E-state index is 13.8. The van der Waals surface area contributed by atoms with Gasteiger partial charge in [-0.1, -0.05) is 0 Å². The van der Waals surface area contributed by atoms with E-state index in [-0.39, 0.29) is 12.5 Å². The Labute approximate surface area is 163 Å². The molecule has 1 N–H and O–H groups in total. The smallest absolute Gasteiger partial charge is 0.267 e. The number of hydrogen-bond donors (Lipinski definition) is 1. The summed E-state index contributed by atoms with van der Waals surface area (Å²) in [5.74, 6) is -1.05. The second-order valence-corrected chi connectivity index (χ2v) is 6.36. The summed E-state index contributed by atoms with van der Waals surface area (Å²) in [6, 6.07) is 9.61. The first-order valence-electron chi connectivity index (χ1n) is 8.68. The molecule has 0 bridgehead atoms. The Bertz CT molecular complexity index is 1160. The van der Waals surface area contributed by atoms with Crippen molar-refractivity contribution < 1.29 is 23.0 Å². The summed E-state index contributed by atoms with van der Waals surface area (Å²) >= 11 is 0. The fourth-order valence-electron chi connectivity index (χ4n) is 2.85. The molecule has 2 heterocycles. The molecule has 1 aliphatic rings. The van der Waals surface area contributed by atoms with Gasteiger partial charge in [0.05, 0.1) is 11.4 Å². The summed E-state index contributed by atoms with van der Waals surface area (Å²) in [6.45, 7) is 1.56. The lowest BCUT2D eigenvalue weighted by Crippen LogP contribution is -2.33. The predicted molar refractivity (Wildman–Crippen MR) is 99.8 cm³/mol. The molecule has 9 heteroatoms. The Morgan fingerprint density at radius 3 is 2.72 bits per heavy atom. The summed E-state index contributed by atoms with van der Waals surface area (Å²) in [4.78, 5) is 24.7. The third-order valence-electron chi connectivity index (χ3n) is 4.43. The fourth-order valence-corrected chi connectivity index (χ4v) is 2.85. The number of carbonyl (C=O) groups excluding carboxylic acids is 1. The van der Waals surface area contributed by atoms with Gasteiger partial charge in [-0.3, -0.25) is 9.59 Å². The third kappa shape index (κ3) is 3.66.